The van der Waals surface area contributed by atoms with Crippen LogP contribution >= 0.6 is 0 Å². The summed E-state index contributed by atoms with van der Waals surface area (Å²) in [6, 6.07) is 5.85. The Morgan fingerprint density at radius 2 is 1.88 bits per heavy atom. The molecule has 0 radical (unpaired) electrons. The van der Waals surface area contributed by atoms with Crippen LogP contribution in [-0.2, 0) is 9.53 Å². The highest BCUT2D eigenvalue weighted by atomic mass is 16.5. The second kappa shape index (κ2) is 10.9. The van der Waals surface area contributed by atoms with E-state index in [4.69, 9.17) is 14.2 Å². The van der Waals surface area contributed by atoms with Crippen molar-refractivity contribution in [2.75, 3.05) is 13.7 Å². The maximum absolute atomic E-state index is 12.9. The largest absolute Gasteiger partial charge is 0.497 e. The van der Waals surface area contributed by atoms with Crippen LogP contribution in [0.4, 0.5) is 0 Å². The monoisotopic (exact) mass is 548 g/mol. The van der Waals surface area contributed by atoms with Crippen molar-refractivity contribution < 1.29 is 24.1 Å². The maximum Gasteiger partial charge on any atom is 0.158 e. The van der Waals surface area contributed by atoms with E-state index in [1.54, 1.807) is 7.11 Å². The molecule has 1 N–H and O–H groups in total. The minimum atomic E-state index is -0.0851. The van der Waals surface area contributed by atoms with E-state index in [0.717, 1.165) is 66.6 Å². The summed E-state index contributed by atoms with van der Waals surface area (Å²) >= 11 is 0. The van der Waals surface area contributed by atoms with Crippen molar-refractivity contribution >= 4 is 11.4 Å². The van der Waals surface area contributed by atoms with Gasteiger partial charge in [0.15, 0.2) is 5.78 Å². The van der Waals surface area contributed by atoms with Crippen LogP contribution in [0.25, 0.3) is 5.57 Å². The standard InChI is InChI=1S/C35H48O5/c1-22-18-23(28-11-9-27(38-4)20-32(28)40-22)6-5-7-26(37)21-39-33-13-12-30-29-10-8-24-19-25(36)14-16-34(24,2)31(29)15-17-35(30,33)3/h9,11,18,20,24-25,29-31,33,36H,1,5-8,10,12-17,19,21H2,2-4H3/t24-,25+,29-,30-,31-,33-,34-,35-/m0/s1. The molecular weight excluding hydrogens is 500 g/mol. The number of hydrogen-bond acceptors (Lipinski definition) is 5. The third kappa shape index (κ3) is 4.96. The molecule has 4 saturated carbocycles. The predicted molar refractivity (Wildman–Crippen MR) is 157 cm³/mol. The zero-order valence-electron chi connectivity index (χ0n) is 24.8. The van der Waals surface area contributed by atoms with Crippen LogP contribution < -0.4 is 9.47 Å². The molecule has 0 bridgehead atoms. The van der Waals surface area contributed by atoms with E-state index < -0.39 is 0 Å². The number of ether oxygens (including phenoxy) is 3. The molecule has 5 aliphatic rings. The first kappa shape index (κ1) is 28.0. The minimum absolute atomic E-state index is 0.0851. The lowest BCUT2D eigenvalue weighted by Gasteiger charge is -2.60. The summed E-state index contributed by atoms with van der Waals surface area (Å²) < 4.78 is 17.6. The molecule has 1 heterocycles. The van der Waals surface area contributed by atoms with Crippen LogP contribution in [0, 0.1) is 34.5 Å². The van der Waals surface area contributed by atoms with E-state index in [9.17, 15) is 9.90 Å². The van der Waals surface area contributed by atoms with Gasteiger partial charge in [-0.1, -0.05) is 20.4 Å². The summed E-state index contributed by atoms with van der Waals surface area (Å²) in [7, 11) is 1.65. The first-order valence-electron chi connectivity index (χ1n) is 15.8. The van der Waals surface area contributed by atoms with Crippen molar-refractivity contribution in [1.29, 1.82) is 0 Å². The smallest absolute Gasteiger partial charge is 0.158 e. The van der Waals surface area contributed by atoms with E-state index >= 15 is 0 Å². The van der Waals surface area contributed by atoms with Gasteiger partial charge in [0.05, 0.1) is 19.3 Å². The van der Waals surface area contributed by atoms with Gasteiger partial charge in [0.25, 0.3) is 0 Å². The quantitative estimate of drug-likeness (QED) is 0.364. The fourth-order valence-electron chi connectivity index (χ4n) is 9.83. The van der Waals surface area contributed by atoms with Gasteiger partial charge < -0.3 is 19.3 Å². The third-order valence-electron chi connectivity index (χ3n) is 12.0. The molecule has 5 nitrogen and oxygen atoms in total. The number of carbonyl (C=O) groups is 1. The van der Waals surface area contributed by atoms with Gasteiger partial charge in [-0.05, 0) is 129 Å². The molecule has 5 heteroatoms. The number of carbonyl (C=O) groups excluding carboxylic acids is 1. The zero-order chi connectivity index (χ0) is 28.1. The number of allylic oxidation sites excluding steroid dienone is 2. The Kier molecular flexibility index (Phi) is 7.67. The summed E-state index contributed by atoms with van der Waals surface area (Å²) in [6.07, 6.45) is 14.8. The summed E-state index contributed by atoms with van der Waals surface area (Å²) in [4.78, 5) is 12.9. The third-order valence-corrected chi connectivity index (χ3v) is 12.0. The number of fused-ring (bicyclic) bond motifs is 6. The van der Waals surface area contributed by atoms with E-state index in [-0.39, 0.29) is 30.0 Å². The number of aliphatic hydroxyl groups is 1. The van der Waals surface area contributed by atoms with Crippen molar-refractivity contribution in [1.82, 2.24) is 0 Å². The number of benzene rings is 1. The van der Waals surface area contributed by atoms with Crippen molar-refractivity contribution in [3.05, 3.63) is 42.2 Å². The van der Waals surface area contributed by atoms with Gasteiger partial charge >= 0.3 is 0 Å². The highest BCUT2D eigenvalue weighted by Crippen LogP contribution is 2.66. The molecular formula is C35H48O5. The molecule has 4 fully saturated rings. The van der Waals surface area contributed by atoms with E-state index in [1.165, 1.54) is 38.5 Å². The number of aliphatic hydroxyl groups excluding tert-OH is 1. The Labute approximate surface area is 240 Å². The Hall–Kier alpha value is -2.11. The summed E-state index contributed by atoms with van der Waals surface area (Å²) in [5, 5.41) is 10.3. The fraction of sp³-hybridized carbons (Fsp3) is 0.686. The number of hydrogen-bond donors (Lipinski definition) is 1. The first-order valence-corrected chi connectivity index (χ1v) is 15.8. The SMILES string of the molecule is C=C1C=C(CCCC(=O)CO[C@H]2CC[C@H]3[C@@H]4CC[C@H]5C[C@H](O)CC[C@]5(C)[C@H]4CC[C@]23C)c2ccc(OC)cc2O1. The Morgan fingerprint density at radius 3 is 2.70 bits per heavy atom. The summed E-state index contributed by atoms with van der Waals surface area (Å²) in [5.41, 5.74) is 2.79. The molecule has 1 aliphatic heterocycles. The lowest BCUT2D eigenvalue weighted by molar-refractivity contribution is -0.146. The summed E-state index contributed by atoms with van der Waals surface area (Å²) in [6.45, 7) is 9.24. The van der Waals surface area contributed by atoms with Gasteiger partial charge in [-0.3, -0.25) is 4.79 Å². The molecule has 40 heavy (non-hydrogen) atoms. The molecule has 1 aromatic carbocycles. The number of rotatable bonds is 8. The van der Waals surface area contributed by atoms with Crippen LogP contribution in [0.15, 0.2) is 36.6 Å². The zero-order valence-corrected chi connectivity index (χ0v) is 24.8. The van der Waals surface area contributed by atoms with Crippen LogP contribution in [-0.4, -0.2) is 36.8 Å². The molecule has 8 atom stereocenters. The second-order valence-electron chi connectivity index (χ2n) is 14.0. The van der Waals surface area contributed by atoms with E-state index in [1.807, 2.05) is 24.3 Å². The average Bonchev–Trinajstić information content (AvgIpc) is 3.28. The number of Topliss-reactive ketones (excluding diaryl/α,β-unsaturated/α-hetero) is 1. The highest BCUT2D eigenvalue weighted by molar-refractivity contribution is 5.80. The molecule has 0 aromatic heterocycles. The predicted octanol–water partition coefficient (Wildman–Crippen LogP) is 7.51. The molecule has 0 amide bonds. The van der Waals surface area contributed by atoms with Crippen LogP contribution in [0.1, 0.15) is 96.5 Å². The molecule has 0 spiro atoms. The Balaban J connectivity index is 1.01. The second-order valence-corrected chi connectivity index (χ2v) is 14.0. The first-order chi connectivity index (χ1) is 19.2. The van der Waals surface area contributed by atoms with E-state index in [2.05, 4.69) is 20.4 Å². The lowest BCUT2D eigenvalue weighted by Crippen LogP contribution is -2.54. The lowest BCUT2D eigenvalue weighted by atomic mass is 9.45. The highest BCUT2D eigenvalue weighted by Gasteiger charge is 2.60. The van der Waals surface area contributed by atoms with Crippen molar-refractivity contribution in [2.45, 2.75) is 103 Å². The average molecular weight is 549 g/mol. The minimum Gasteiger partial charge on any atom is -0.497 e. The van der Waals surface area contributed by atoms with Gasteiger partial charge in [-0.15, -0.1) is 0 Å². The molecule has 1 aromatic rings. The molecule has 218 valence electrons. The number of methoxy groups -OCH3 is 1. The van der Waals surface area contributed by atoms with Gasteiger partial charge in [-0.25, -0.2) is 0 Å². The Morgan fingerprint density at radius 1 is 1.07 bits per heavy atom. The van der Waals surface area contributed by atoms with Gasteiger partial charge in [0, 0.05) is 18.1 Å². The van der Waals surface area contributed by atoms with E-state index in [0.29, 0.717) is 29.4 Å². The van der Waals surface area contributed by atoms with Gasteiger partial charge in [0.2, 0.25) is 0 Å². The Bertz CT molecular complexity index is 1170. The fourth-order valence-corrected chi connectivity index (χ4v) is 9.83. The van der Waals surface area contributed by atoms with Gasteiger partial charge in [-0.2, -0.15) is 0 Å². The van der Waals surface area contributed by atoms with Crippen molar-refractivity contribution in [2.24, 2.45) is 34.5 Å². The molecule has 4 aliphatic carbocycles. The number of ketones is 1. The molecule has 0 unspecified atom stereocenters. The topological polar surface area (TPSA) is 65.0 Å². The van der Waals surface area contributed by atoms with Crippen molar-refractivity contribution in [3.63, 3.8) is 0 Å². The van der Waals surface area contributed by atoms with Crippen molar-refractivity contribution in [3.8, 4) is 11.5 Å². The maximum atomic E-state index is 12.9. The van der Waals surface area contributed by atoms with Crippen LogP contribution in [0.5, 0.6) is 11.5 Å². The molecule has 0 saturated heterocycles. The van der Waals surface area contributed by atoms with Crippen LogP contribution in [0.3, 0.4) is 0 Å². The molecule has 6 rings (SSSR count). The van der Waals surface area contributed by atoms with Crippen LogP contribution in [0.2, 0.25) is 0 Å². The normalized spacial score (nSPS) is 38.3. The summed E-state index contributed by atoms with van der Waals surface area (Å²) in [5.74, 6) is 5.32. The van der Waals surface area contributed by atoms with Gasteiger partial charge in [0.1, 0.15) is 23.9 Å².